The van der Waals surface area contributed by atoms with Gasteiger partial charge in [0.1, 0.15) is 11.6 Å². The molecular formula is C22H15N5O3. The van der Waals surface area contributed by atoms with E-state index < -0.39 is 10.8 Å². The van der Waals surface area contributed by atoms with Crippen molar-refractivity contribution in [2.45, 2.75) is 12.8 Å². The maximum Gasteiger partial charge on any atom is 0.269 e. The number of H-pyrrole nitrogens is 1. The highest BCUT2D eigenvalue weighted by Gasteiger charge is 2.34. The Hall–Kier alpha value is -4.56. The lowest BCUT2D eigenvalue weighted by Gasteiger charge is -2.25. The number of nitrogens with one attached hydrogen (secondary N) is 1. The molecule has 0 saturated heterocycles. The molecule has 0 spiro atoms. The maximum atomic E-state index is 11.0. The summed E-state index contributed by atoms with van der Waals surface area (Å²) in [6.07, 6.45) is 1.74. The van der Waals surface area contributed by atoms with Crippen LogP contribution >= 0.6 is 0 Å². The van der Waals surface area contributed by atoms with Gasteiger partial charge in [0.15, 0.2) is 5.76 Å². The van der Waals surface area contributed by atoms with Gasteiger partial charge in [0.25, 0.3) is 5.69 Å². The molecule has 2 aromatic carbocycles. The summed E-state index contributed by atoms with van der Waals surface area (Å²) < 4.78 is 5.76. The molecular weight excluding hydrogens is 382 g/mol. The van der Waals surface area contributed by atoms with Crippen LogP contribution in [0.1, 0.15) is 22.6 Å². The highest BCUT2D eigenvalue weighted by atomic mass is 16.6. The zero-order chi connectivity index (χ0) is 21.4. The Balaban J connectivity index is 1.94. The molecule has 1 unspecified atom stereocenters. The minimum Gasteiger partial charge on any atom is -0.439 e. The van der Waals surface area contributed by atoms with Crippen molar-refractivity contribution in [3.8, 4) is 12.1 Å². The Kier molecular flexibility index (Phi) is 4.46. The first-order valence-corrected chi connectivity index (χ1v) is 8.99. The van der Waals surface area contributed by atoms with E-state index in [9.17, 15) is 20.6 Å². The van der Waals surface area contributed by atoms with Crippen LogP contribution < -0.4 is 5.73 Å². The van der Waals surface area contributed by atoms with E-state index in [4.69, 9.17) is 10.5 Å². The summed E-state index contributed by atoms with van der Waals surface area (Å²) in [7, 11) is 0. The highest BCUT2D eigenvalue weighted by molar-refractivity contribution is 5.94. The summed E-state index contributed by atoms with van der Waals surface area (Å²) >= 11 is 0. The number of rotatable bonds is 3. The van der Waals surface area contributed by atoms with Gasteiger partial charge in [0, 0.05) is 34.8 Å². The summed E-state index contributed by atoms with van der Waals surface area (Å²) in [5.41, 5.74) is 9.38. The number of allylic oxidation sites excluding steroid dienone is 2. The van der Waals surface area contributed by atoms with Gasteiger partial charge in [-0.2, -0.15) is 10.5 Å². The van der Waals surface area contributed by atoms with E-state index in [-0.39, 0.29) is 28.5 Å². The second kappa shape index (κ2) is 7.12. The quantitative estimate of drug-likeness (QED) is 0.503. The number of para-hydroxylation sites is 1. The van der Waals surface area contributed by atoms with Crippen LogP contribution in [0.4, 0.5) is 5.69 Å². The Bertz CT molecular complexity index is 1330. The molecule has 4 rings (SSSR count). The Morgan fingerprint density at radius 1 is 1.13 bits per heavy atom. The van der Waals surface area contributed by atoms with Gasteiger partial charge in [-0.05, 0) is 18.1 Å². The van der Waals surface area contributed by atoms with Gasteiger partial charge >= 0.3 is 0 Å². The van der Waals surface area contributed by atoms with E-state index in [2.05, 4.69) is 11.1 Å². The van der Waals surface area contributed by atoms with Crippen molar-refractivity contribution in [3.63, 3.8) is 0 Å². The van der Waals surface area contributed by atoms with Crippen molar-refractivity contribution in [2.75, 3.05) is 0 Å². The Morgan fingerprint density at radius 2 is 1.83 bits per heavy atom. The largest absolute Gasteiger partial charge is 0.439 e. The molecule has 1 aliphatic rings. The first-order chi connectivity index (χ1) is 14.5. The van der Waals surface area contributed by atoms with Gasteiger partial charge in [0.05, 0.1) is 22.5 Å². The van der Waals surface area contributed by atoms with E-state index >= 15 is 0 Å². The number of hydrogen-bond acceptors (Lipinski definition) is 6. The van der Waals surface area contributed by atoms with Gasteiger partial charge < -0.3 is 15.5 Å². The number of benzene rings is 2. The smallest absolute Gasteiger partial charge is 0.269 e. The first-order valence-electron chi connectivity index (χ1n) is 8.99. The van der Waals surface area contributed by atoms with E-state index in [1.165, 1.54) is 24.3 Å². The van der Waals surface area contributed by atoms with Crippen LogP contribution in [0, 0.1) is 39.7 Å². The van der Waals surface area contributed by atoms with Gasteiger partial charge in [-0.3, -0.25) is 10.1 Å². The van der Waals surface area contributed by atoms with Crippen molar-refractivity contribution < 1.29 is 9.66 Å². The normalized spacial score (nSPS) is 16.2. The number of nitrogens with two attached hydrogens (primary N) is 1. The molecule has 0 amide bonds. The van der Waals surface area contributed by atoms with Crippen LogP contribution in [-0.4, -0.2) is 9.91 Å². The molecule has 0 radical (unpaired) electrons. The van der Waals surface area contributed by atoms with Crippen molar-refractivity contribution in [1.29, 1.82) is 10.5 Å². The Labute approximate surface area is 171 Å². The monoisotopic (exact) mass is 397 g/mol. The molecule has 0 aliphatic carbocycles. The fraction of sp³-hybridized carbons (Fsp3) is 0.0909. The first kappa shape index (κ1) is 18.8. The predicted molar refractivity (Wildman–Crippen MR) is 109 cm³/mol. The molecule has 3 N–H and O–H groups in total. The molecule has 1 atom stereocenters. The number of aromatic nitrogens is 1. The number of aromatic amines is 1. The van der Waals surface area contributed by atoms with Gasteiger partial charge in [-0.1, -0.05) is 30.3 Å². The van der Waals surface area contributed by atoms with Gasteiger partial charge in [-0.25, -0.2) is 0 Å². The summed E-state index contributed by atoms with van der Waals surface area (Å²) in [6, 6.07) is 15.7. The van der Waals surface area contributed by atoms with E-state index in [0.717, 1.165) is 16.5 Å². The predicted octanol–water partition coefficient (Wildman–Crippen LogP) is 4.13. The third-order valence-electron chi connectivity index (χ3n) is 5.15. The van der Waals surface area contributed by atoms with E-state index in [1.54, 1.807) is 6.20 Å². The average molecular weight is 397 g/mol. The second-order valence-electron chi connectivity index (χ2n) is 6.83. The maximum absolute atomic E-state index is 11.0. The summed E-state index contributed by atoms with van der Waals surface area (Å²) in [5.74, 6) is -0.634. The lowest BCUT2D eigenvalue weighted by Crippen LogP contribution is -2.20. The highest BCUT2D eigenvalue weighted by Crippen LogP contribution is 2.43. The van der Waals surface area contributed by atoms with Crippen LogP contribution in [0.5, 0.6) is 0 Å². The van der Waals surface area contributed by atoms with Crippen LogP contribution in [-0.2, 0) is 4.74 Å². The van der Waals surface area contributed by atoms with Crippen LogP contribution in [0.25, 0.3) is 16.7 Å². The number of nitro groups is 1. The summed E-state index contributed by atoms with van der Waals surface area (Å²) in [6.45, 7) is 1.96. The summed E-state index contributed by atoms with van der Waals surface area (Å²) in [5, 5.41) is 31.5. The molecule has 2 heterocycles. The number of nitro benzene ring substituents is 1. The number of nitriles is 2. The number of hydrogen-bond donors (Lipinski definition) is 2. The van der Waals surface area contributed by atoms with Crippen molar-refractivity contribution in [3.05, 3.63) is 92.5 Å². The minimum atomic E-state index is -0.792. The molecule has 30 heavy (non-hydrogen) atoms. The molecule has 3 aromatic rings. The fourth-order valence-corrected chi connectivity index (χ4v) is 3.69. The molecule has 8 heteroatoms. The molecule has 0 bridgehead atoms. The molecule has 0 saturated carbocycles. The van der Waals surface area contributed by atoms with Crippen molar-refractivity contribution in [1.82, 2.24) is 4.98 Å². The molecule has 0 fully saturated rings. The number of non-ortho nitro benzene ring substituents is 1. The zero-order valence-corrected chi connectivity index (χ0v) is 15.8. The lowest BCUT2D eigenvalue weighted by atomic mass is 9.82. The third-order valence-corrected chi connectivity index (χ3v) is 5.15. The fourth-order valence-electron chi connectivity index (χ4n) is 3.69. The SMILES string of the molecule is Cc1cccc2c(C3=C(C#N)C(c4ccc([N+](=O)[O-])cc4)C(C#N)=C(N)O3)c[nH]c12. The molecule has 1 aromatic heterocycles. The average Bonchev–Trinajstić information content (AvgIpc) is 3.18. The second-order valence-corrected chi connectivity index (χ2v) is 6.83. The van der Waals surface area contributed by atoms with Crippen molar-refractivity contribution >= 4 is 22.3 Å². The number of ether oxygens (including phenoxy) is 1. The van der Waals surface area contributed by atoms with Crippen LogP contribution in [0.2, 0.25) is 0 Å². The zero-order valence-electron chi connectivity index (χ0n) is 15.8. The third kappa shape index (κ3) is 2.84. The topological polar surface area (TPSA) is 142 Å². The number of fused-ring (bicyclic) bond motifs is 1. The Morgan fingerprint density at radius 3 is 2.47 bits per heavy atom. The van der Waals surface area contributed by atoms with Gasteiger partial charge in [0.2, 0.25) is 5.88 Å². The lowest BCUT2D eigenvalue weighted by molar-refractivity contribution is -0.384. The molecule has 1 aliphatic heterocycles. The van der Waals surface area contributed by atoms with E-state index in [0.29, 0.717) is 11.1 Å². The number of nitrogens with zero attached hydrogens (tertiary/aromatic N) is 3. The minimum absolute atomic E-state index is 0.0835. The number of aryl methyl sites for hydroxylation is 1. The molecule has 8 nitrogen and oxygen atoms in total. The van der Waals surface area contributed by atoms with Gasteiger partial charge in [-0.15, -0.1) is 0 Å². The summed E-state index contributed by atoms with van der Waals surface area (Å²) in [4.78, 5) is 13.7. The van der Waals surface area contributed by atoms with Crippen LogP contribution in [0.15, 0.2) is 65.7 Å². The van der Waals surface area contributed by atoms with E-state index in [1.807, 2.05) is 31.2 Å². The van der Waals surface area contributed by atoms with Crippen LogP contribution in [0.3, 0.4) is 0 Å². The van der Waals surface area contributed by atoms with Crippen molar-refractivity contribution in [2.24, 2.45) is 5.73 Å². The standard InChI is InChI=1S/C22H15N5O3/c1-12-3-2-4-15-18(11-26-20(12)15)21-16(9-23)19(17(10-24)22(25)30-21)13-5-7-14(8-6-13)27(28)29/h2-8,11,19,26H,25H2,1H3. The molecule has 146 valence electrons.